The first-order chi connectivity index (χ1) is 9.97. The van der Waals surface area contributed by atoms with Crippen LogP contribution < -0.4 is 5.32 Å². The fraction of sp³-hybridized carbons (Fsp3) is 0.294. The van der Waals surface area contributed by atoms with Crippen LogP contribution in [0.25, 0.3) is 0 Å². The number of nitrogens with one attached hydrogen (secondary N) is 1. The molecular formula is C17H19NO2S. The van der Waals surface area contributed by atoms with E-state index in [0.29, 0.717) is 12.1 Å². The molecule has 21 heavy (non-hydrogen) atoms. The number of hydrogen-bond donors (Lipinski definition) is 1. The molecule has 0 atom stereocenters. The topological polar surface area (TPSA) is 46.2 Å². The molecule has 3 nitrogen and oxygen atoms in total. The van der Waals surface area contributed by atoms with Crippen molar-refractivity contribution in [2.45, 2.75) is 27.2 Å². The highest BCUT2D eigenvalue weighted by Gasteiger charge is 2.07. The van der Waals surface area contributed by atoms with Crippen molar-refractivity contribution in [3.05, 3.63) is 56.8 Å². The fourth-order valence-corrected chi connectivity index (χ4v) is 2.89. The minimum Gasteiger partial charge on any atom is -0.352 e. The number of carbonyl (C=O) groups excluding carboxylic acids is 2. The highest BCUT2D eigenvalue weighted by Crippen LogP contribution is 2.17. The Bertz CT molecular complexity index is 673. The Hall–Kier alpha value is -1.94. The summed E-state index contributed by atoms with van der Waals surface area (Å²) in [6.45, 7) is 6.17. The first-order valence-electron chi connectivity index (χ1n) is 6.92. The molecule has 1 N–H and O–H groups in total. The number of ketones is 1. The van der Waals surface area contributed by atoms with E-state index in [9.17, 15) is 9.59 Å². The summed E-state index contributed by atoms with van der Waals surface area (Å²) >= 11 is 1.49. The van der Waals surface area contributed by atoms with Crippen molar-refractivity contribution in [3.63, 3.8) is 0 Å². The first kappa shape index (κ1) is 15.4. The van der Waals surface area contributed by atoms with E-state index in [-0.39, 0.29) is 11.7 Å². The van der Waals surface area contributed by atoms with E-state index in [1.807, 2.05) is 44.2 Å². The molecule has 0 aliphatic carbocycles. The van der Waals surface area contributed by atoms with E-state index in [0.717, 1.165) is 21.7 Å². The van der Waals surface area contributed by atoms with E-state index < -0.39 is 0 Å². The van der Waals surface area contributed by atoms with E-state index in [1.165, 1.54) is 16.9 Å². The lowest BCUT2D eigenvalue weighted by Gasteiger charge is -2.06. The van der Waals surface area contributed by atoms with Gasteiger partial charge in [0.2, 0.25) is 0 Å². The molecule has 0 fully saturated rings. The van der Waals surface area contributed by atoms with Crippen molar-refractivity contribution in [2.75, 3.05) is 6.54 Å². The second kappa shape index (κ2) is 6.68. The number of rotatable bonds is 5. The largest absolute Gasteiger partial charge is 0.352 e. The van der Waals surface area contributed by atoms with Crippen LogP contribution in [0.15, 0.2) is 30.3 Å². The fourth-order valence-electron chi connectivity index (χ4n) is 1.99. The number of amides is 1. The Balaban J connectivity index is 1.88. The molecule has 0 saturated carbocycles. The van der Waals surface area contributed by atoms with Crippen LogP contribution in [0.3, 0.4) is 0 Å². The van der Waals surface area contributed by atoms with Gasteiger partial charge in [-0.1, -0.05) is 6.07 Å². The summed E-state index contributed by atoms with van der Waals surface area (Å²) < 4.78 is 0. The summed E-state index contributed by atoms with van der Waals surface area (Å²) in [5.74, 6) is 0.0341. The summed E-state index contributed by atoms with van der Waals surface area (Å²) in [6.07, 6.45) is 0.745. The molecule has 0 bridgehead atoms. The van der Waals surface area contributed by atoms with Gasteiger partial charge in [0.25, 0.3) is 5.91 Å². The molecule has 0 spiro atoms. The van der Waals surface area contributed by atoms with Gasteiger partial charge in [0.05, 0.1) is 4.88 Å². The Morgan fingerprint density at radius 1 is 1.10 bits per heavy atom. The molecule has 1 aromatic carbocycles. The normalized spacial score (nSPS) is 10.4. The molecule has 2 aromatic rings. The lowest BCUT2D eigenvalue weighted by molar-refractivity contribution is 0.0953. The van der Waals surface area contributed by atoms with Crippen LogP contribution in [0.1, 0.15) is 43.0 Å². The number of Topliss-reactive ketones (excluding diaryl/α,β-unsaturated/α-hetero) is 1. The first-order valence-corrected chi connectivity index (χ1v) is 7.74. The molecule has 1 amide bonds. The number of hydrogen-bond acceptors (Lipinski definition) is 3. The van der Waals surface area contributed by atoms with E-state index in [1.54, 1.807) is 6.92 Å². The smallest absolute Gasteiger partial charge is 0.251 e. The van der Waals surface area contributed by atoms with Gasteiger partial charge in [-0.05, 0) is 62.6 Å². The van der Waals surface area contributed by atoms with Crippen LogP contribution in [-0.4, -0.2) is 18.2 Å². The van der Waals surface area contributed by atoms with Crippen LogP contribution in [0.4, 0.5) is 0 Å². The van der Waals surface area contributed by atoms with Gasteiger partial charge < -0.3 is 5.32 Å². The molecular weight excluding hydrogens is 282 g/mol. The lowest BCUT2D eigenvalue weighted by Crippen LogP contribution is -2.25. The van der Waals surface area contributed by atoms with Crippen LogP contribution in [0, 0.1) is 13.8 Å². The van der Waals surface area contributed by atoms with Gasteiger partial charge in [-0.25, -0.2) is 0 Å². The van der Waals surface area contributed by atoms with Crippen LogP contribution >= 0.6 is 11.3 Å². The molecule has 1 aromatic heterocycles. The molecule has 2 rings (SSSR count). The third kappa shape index (κ3) is 4.02. The van der Waals surface area contributed by atoms with Gasteiger partial charge in [0.15, 0.2) is 5.78 Å². The van der Waals surface area contributed by atoms with Crippen molar-refractivity contribution >= 4 is 23.0 Å². The summed E-state index contributed by atoms with van der Waals surface area (Å²) in [7, 11) is 0. The maximum absolute atomic E-state index is 12.1. The summed E-state index contributed by atoms with van der Waals surface area (Å²) in [4.78, 5) is 25.2. The van der Waals surface area contributed by atoms with Crippen molar-refractivity contribution in [1.82, 2.24) is 5.32 Å². The van der Waals surface area contributed by atoms with Crippen molar-refractivity contribution < 1.29 is 9.59 Å². The van der Waals surface area contributed by atoms with Gasteiger partial charge in [0.1, 0.15) is 0 Å². The summed E-state index contributed by atoms with van der Waals surface area (Å²) in [6, 6.07) is 9.50. The average Bonchev–Trinajstić information content (AvgIpc) is 2.91. The second-order valence-electron chi connectivity index (χ2n) is 5.13. The molecule has 0 saturated heterocycles. The van der Waals surface area contributed by atoms with E-state index in [2.05, 4.69) is 5.32 Å². The molecule has 0 unspecified atom stereocenters. The van der Waals surface area contributed by atoms with Gasteiger partial charge in [-0.2, -0.15) is 0 Å². The predicted octanol–water partition coefficient (Wildman–Crippen LogP) is 3.54. The van der Waals surface area contributed by atoms with Crippen LogP contribution in [0.2, 0.25) is 0 Å². The highest BCUT2D eigenvalue weighted by molar-refractivity contribution is 7.14. The number of aryl methyl sites for hydroxylation is 2. The minimum absolute atomic E-state index is 0.0542. The quantitative estimate of drug-likeness (QED) is 0.859. The second-order valence-corrected chi connectivity index (χ2v) is 6.30. The lowest BCUT2D eigenvalue weighted by atomic mass is 10.1. The van der Waals surface area contributed by atoms with Gasteiger partial charge in [0, 0.05) is 17.0 Å². The zero-order valence-corrected chi connectivity index (χ0v) is 13.3. The molecule has 1 heterocycles. The Morgan fingerprint density at radius 2 is 1.86 bits per heavy atom. The third-order valence-electron chi connectivity index (χ3n) is 3.43. The van der Waals surface area contributed by atoms with Crippen molar-refractivity contribution in [2.24, 2.45) is 0 Å². The SMILES string of the molecule is CC(=O)c1ccc(CCNC(=O)c2ccc(C)c(C)c2)s1. The highest BCUT2D eigenvalue weighted by atomic mass is 32.1. The summed E-state index contributed by atoms with van der Waals surface area (Å²) in [5.41, 5.74) is 2.99. The molecule has 4 heteroatoms. The maximum atomic E-state index is 12.1. The molecule has 110 valence electrons. The third-order valence-corrected chi connectivity index (χ3v) is 4.68. The van der Waals surface area contributed by atoms with Crippen LogP contribution in [0.5, 0.6) is 0 Å². The Labute approximate surface area is 129 Å². The predicted molar refractivity (Wildman–Crippen MR) is 86.3 cm³/mol. The Morgan fingerprint density at radius 3 is 2.48 bits per heavy atom. The van der Waals surface area contributed by atoms with Gasteiger partial charge in [-0.3, -0.25) is 9.59 Å². The monoisotopic (exact) mass is 301 g/mol. The zero-order valence-electron chi connectivity index (χ0n) is 12.5. The summed E-state index contributed by atoms with van der Waals surface area (Å²) in [5, 5.41) is 2.92. The van der Waals surface area contributed by atoms with Crippen molar-refractivity contribution in [1.29, 1.82) is 0 Å². The standard InChI is InChI=1S/C17H19NO2S/c1-11-4-5-14(10-12(11)2)17(20)18-9-8-15-6-7-16(21-15)13(3)19/h4-7,10H,8-9H2,1-3H3,(H,18,20). The van der Waals surface area contributed by atoms with Gasteiger partial charge in [-0.15, -0.1) is 11.3 Å². The maximum Gasteiger partial charge on any atom is 0.251 e. The number of benzene rings is 1. The number of carbonyl (C=O) groups is 2. The zero-order chi connectivity index (χ0) is 15.4. The Kier molecular flexibility index (Phi) is 4.91. The molecule has 0 radical (unpaired) electrons. The average molecular weight is 301 g/mol. The van der Waals surface area contributed by atoms with E-state index in [4.69, 9.17) is 0 Å². The minimum atomic E-state index is -0.0542. The number of thiophene rings is 1. The molecule has 0 aliphatic rings. The molecule has 0 aliphatic heterocycles. The van der Waals surface area contributed by atoms with Gasteiger partial charge >= 0.3 is 0 Å². The van der Waals surface area contributed by atoms with Crippen molar-refractivity contribution in [3.8, 4) is 0 Å². The van der Waals surface area contributed by atoms with E-state index >= 15 is 0 Å². The van der Waals surface area contributed by atoms with Crippen LogP contribution in [-0.2, 0) is 6.42 Å².